The Morgan fingerprint density at radius 2 is 1.77 bits per heavy atom. The van der Waals surface area contributed by atoms with E-state index in [1.165, 1.54) is 22.7 Å². The van der Waals surface area contributed by atoms with Gasteiger partial charge in [0.25, 0.3) is 11.1 Å². The lowest BCUT2D eigenvalue weighted by Crippen LogP contribution is -2.12. The molecule has 5 nitrogen and oxygen atoms in total. The molecule has 0 aliphatic carbocycles. The number of nitrogens with one attached hydrogen (secondary N) is 1. The SMILES string of the molecule is Cc1ccc(Cc2nsc(Oc3cccc(C(=O)Nc4ccc(C)c(C)c4)c3)n2)cc1. The molecule has 0 atom stereocenters. The summed E-state index contributed by atoms with van der Waals surface area (Å²) in [4.78, 5) is 17.1. The van der Waals surface area contributed by atoms with Crippen LogP contribution in [-0.4, -0.2) is 15.3 Å². The highest BCUT2D eigenvalue weighted by atomic mass is 32.1. The predicted octanol–water partition coefficient (Wildman–Crippen LogP) is 6.10. The molecule has 0 fully saturated rings. The summed E-state index contributed by atoms with van der Waals surface area (Å²) in [6.07, 6.45) is 0.651. The average molecular weight is 430 g/mol. The van der Waals surface area contributed by atoms with Crippen LogP contribution in [-0.2, 0) is 6.42 Å². The van der Waals surface area contributed by atoms with Crippen LogP contribution in [0, 0.1) is 20.8 Å². The van der Waals surface area contributed by atoms with Crippen LogP contribution in [0.1, 0.15) is 38.4 Å². The molecule has 3 aromatic carbocycles. The van der Waals surface area contributed by atoms with E-state index in [0.717, 1.165) is 16.8 Å². The third kappa shape index (κ3) is 5.35. The number of nitrogens with zero attached hydrogens (tertiary/aromatic N) is 2. The molecule has 6 heteroatoms. The van der Waals surface area contributed by atoms with Crippen molar-refractivity contribution in [2.45, 2.75) is 27.2 Å². The second-order valence-corrected chi connectivity index (χ2v) is 8.24. The molecule has 1 aromatic heterocycles. The van der Waals surface area contributed by atoms with E-state index in [4.69, 9.17) is 4.74 Å². The summed E-state index contributed by atoms with van der Waals surface area (Å²) in [6.45, 7) is 6.13. The Labute approximate surface area is 185 Å². The molecular formula is C25H23N3O2S. The minimum atomic E-state index is -0.189. The van der Waals surface area contributed by atoms with Crippen molar-refractivity contribution < 1.29 is 9.53 Å². The van der Waals surface area contributed by atoms with Gasteiger partial charge in [-0.1, -0.05) is 42.0 Å². The Morgan fingerprint density at radius 3 is 2.55 bits per heavy atom. The number of hydrogen-bond donors (Lipinski definition) is 1. The number of carbonyl (C=O) groups is 1. The van der Waals surface area contributed by atoms with Crippen molar-refractivity contribution >= 4 is 23.1 Å². The fourth-order valence-electron chi connectivity index (χ4n) is 3.06. The van der Waals surface area contributed by atoms with Crippen molar-refractivity contribution in [3.63, 3.8) is 0 Å². The Balaban J connectivity index is 1.42. The summed E-state index contributed by atoms with van der Waals surface area (Å²) in [5.41, 5.74) is 5.98. The molecule has 0 spiro atoms. The second kappa shape index (κ2) is 9.10. The standard InChI is InChI=1S/C25H23N3O2S/c1-16-7-10-19(11-8-16)14-23-27-25(31-28-23)30-22-6-4-5-20(15-22)24(29)26-21-12-9-17(2)18(3)13-21/h4-13,15H,14H2,1-3H3,(H,26,29). The molecule has 0 saturated carbocycles. The molecule has 1 amide bonds. The molecule has 0 unspecified atom stereocenters. The van der Waals surface area contributed by atoms with Crippen molar-refractivity contribution in [1.82, 2.24) is 9.36 Å². The normalized spacial score (nSPS) is 10.7. The lowest BCUT2D eigenvalue weighted by Gasteiger charge is -2.09. The van der Waals surface area contributed by atoms with Gasteiger partial charge in [-0.2, -0.15) is 9.36 Å². The third-order valence-electron chi connectivity index (χ3n) is 5.00. The van der Waals surface area contributed by atoms with Crippen molar-refractivity contribution in [3.8, 4) is 10.9 Å². The highest BCUT2D eigenvalue weighted by Crippen LogP contribution is 2.25. The van der Waals surface area contributed by atoms with Crippen molar-refractivity contribution in [3.05, 3.63) is 100 Å². The van der Waals surface area contributed by atoms with Gasteiger partial charge >= 0.3 is 0 Å². The van der Waals surface area contributed by atoms with Gasteiger partial charge in [-0.05, 0) is 67.8 Å². The van der Waals surface area contributed by atoms with Crippen LogP contribution in [0.5, 0.6) is 10.9 Å². The van der Waals surface area contributed by atoms with E-state index in [2.05, 4.69) is 45.9 Å². The monoisotopic (exact) mass is 429 g/mol. The summed E-state index contributed by atoms with van der Waals surface area (Å²) in [5.74, 6) is 1.07. The Bertz CT molecular complexity index is 1220. The number of aromatic nitrogens is 2. The maximum absolute atomic E-state index is 12.7. The van der Waals surface area contributed by atoms with E-state index in [1.807, 2.05) is 32.0 Å². The molecule has 156 valence electrons. The molecule has 0 saturated heterocycles. The molecule has 0 bridgehead atoms. The van der Waals surface area contributed by atoms with E-state index in [0.29, 0.717) is 28.8 Å². The van der Waals surface area contributed by atoms with Gasteiger partial charge in [-0.25, -0.2) is 0 Å². The first-order valence-electron chi connectivity index (χ1n) is 10.0. The topological polar surface area (TPSA) is 64.1 Å². The molecule has 0 aliphatic heterocycles. The lowest BCUT2D eigenvalue weighted by atomic mass is 10.1. The van der Waals surface area contributed by atoms with Gasteiger partial charge in [-0.15, -0.1) is 0 Å². The van der Waals surface area contributed by atoms with Crippen LogP contribution in [0.15, 0.2) is 66.7 Å². The quantitative estimate of drug-likeness (QED) is 0.402. The summed E-state index contributed by atoms with van der Waals surface area (Å²) in [6, 6.07) is 21.2. The first-order chi connectivity index (χ1) is 15.0. The Hall–Kier alpha value is -3.51. The molecule has 1 heterocycles. The third-order valence-corrected chi connectivity index (χ3v) is 5.63. The molecular weight excluding hydrogens is 406 g/mol. The fraction of sp³-hybridized carbons (Fsp3) is 0.160. The number of benzene rings is 3. The molecule has 31 heavy (non-hydrogen) atoms. The van der Waals surface area contributed by atoms with Gasteiger partial charge in [0.1, 0.15) is 5.75 Å². The van der Waals surface area contributed by atoms with Crippen LogP contribution in [0.3, 0.4) is 0 Å². The van der Waals surface area contributed by atoms with E-state index in [1.54, 1.807) is 24.3 Å². The summed E-state index contributed by atoms with van der Waals surface area (Å²) in [7, 11) is 0. The second-order valence-electron chi connectivity index (χ2n) is 7.52. The number of aryl methyl sites for hydroxylation is 3. The smallest absolute Gasteiger partial charge is 0.298 e. The zero-order valence-corrected chi connectivity index (χ0v) is 18.5. The summed E-state index contributed by atoms with van der Waals surface area (Å²) < 4.78 is 10.2. The number of rotatable bonds is 6. The maximum atomic E-state index is 12.7. The highest BCUT2D eigenvalue weighted by molar-refractivity contribution is 7.07. The van der Waals surface area contributed by atoms with Crippen LogP contribution in [0.2, 0.25) is 0 Å². The average Bonchev–Trinajstić information content (AvgIpc) is 3.19. The first-order valence-corrected chi connectivity index (χ1v) is 10.8. The largest absolute Gasteiger partial charge is 0.430 e. The van der Waals surface area contributed by atoms with Crippen LogP contribution in [0.25, 0.3) is 0 Å². The molecule has 1 N–H and O–H groups in total. The van der Waals surface area contributed by atoms with Gasteiger partial charge in [-0.3, -0.25) is 4.79 Å². The lowest BCUT2D eigenvalue weighted by molar-refractivity contribution is 0.102. The van der Waals surface area contributed by atoms with Crippen molar-refractivity contribution in [1.29, 1.82) is 0 Å². The number of anilines is 1. The fourth-order valence-corrected chi connectivity index (χ4v) is 3.63. The zero-order chi connectivity index (χ0) is 21.8. The van der Waals surface area contributed by atoms with Gasteiger partial charge < -0.3 is 10.1 Å². The Kier molecular flexibility index (Phi) is 6.09. The van der Waals surface area contributed by atoms with Crippen LogP contribution in [0.4, 0.5) is 5.69 Å². The van der Waals surface area contributed by atoms with Gasteiger partial charge in [0.2, 0.25) is 0 Å². The van der Waals surface area contributed by atoms with Gasteiger partial charge in [0.05, 0.1) is 0 Å². The number of hydrogen-bond acceptors (Lipinski definition) is 5. The van der Waals surface area contributed by atoms with Gasteiger partial charge in [0, 0.05) is 29.2 Å². The zero-order valence-electron chi connectivity index (χ0n) is 17.7. The number of ether oxygens (including phenoxy) is 1. The van der Waals surface area contributed by atoms with E-state index < -0.39 is 0 Å². The number of carbonyl (C=O) groups excluding carboxylic acids is 1. The Morgan fingerprint density at radius 1 is 0.968 bits per heavy atom. The molecule has 0 radical (unpaired) electrons. The van der Waals surface area contributed by atoms with Crippen LogP contribution < -0.4 is 10.1 Å². The van der Waals surface area contributed by atoms with Crippen molar-refractivity contribution in [2.24, 2.45) is 0 Å². The maximum Gasteiger partial charge on any atom is 0.298 e. The minimum absolute atomic E-state index is 0.189. The predicted molar refractivity (Wildman–Crippen MR) is 124 cm³/mol. The van der Waals surface area contributed by atoms with E-state index >= 15 is 0 Å². The molecule has 0 aliphatic rings. The van der Waals surface area contributed by atoms with Gasteiger partial charge in [0.15, 0.2) is 5.82 Å². The summed E-state index contributed by atoms with van der Waals surface area (Å²) >= 11 is 1.20. The summed E-state index contributed by atoms with van der Waals surface area (Å²) in [5, 5.41) is 3.39. The first kappa shape index (κ1) is 20.8. The highest BCUT2D eigenvalue weighted by Gasteiger charge is 2.11. The molecule has 4 rings (SSSR count). The van der Waals surface area contributed by atoms with E-state index in [-0.39, 0.29) is 5.91 Å². The number of amides is 1. The minimum Gasteiger partial charge on any atom is -0.430 e. The van der Waals surface area contributed by atoms with Crippen molar-refractivity contribution in [2.75, 3.05) is 5.32 Å². The molecule has 4 aromatic rings. The van der Waals surface area contributed by atoms with Crippen LogP contribution >= 0.6 is 11.5 Å². The van der Waals surface area contributed by atoms with E-state index in [9.17, 15) is 4.79 Å².